The minimum absolute atomic E-state index is 0. The third-order valence-electron chi connectivity index (χ3n) is 5.48. The van der Waals surface area contributed by atoms with Gasteiger partial charge in [-0.1, -0.05) is 43.7 Å². The van der Waals surface area contributed by atoms with Gasteiger partial charge in [-0.15, -0.1) is 24.0 Å². The first-order valence-corrected chi connectivity index (χ1v) is 12.8. The Hall–Kier alpha value is -0.910. The highest BCUT2D eigenvalue weighted by molar-refractivity contribution is 14.0. The molecule has 9 heteroatoms. The SMILES string of the molecule is CCNC(=NCCS(=O)(=O)N(CC)CC)NC1CCN(Cc2cccc(C)c2)CC1.I. The molecule has 1 saturated heterocycles. The van der Waals surface area contributed by atoms with Crippen molar-refractivity contribution < 1.29 is 8.42 Å². The molecule has 0 radical (unpaired) electrons. The number of nitrogens with one attached hydrogen (secondary N) is 2. The number of piperidine rings is 1. The number of likely N-dealkylation sites (tertiary alicyclic amines) is 1. The molecule has 1 aromatic carbocycles. The van der Waals surface area contributed by atoms with Crippen molar-refractivity contribution in [3.05, 3.63) is 35.4 Å². The highest BCUT2D eigenvalue weighted by Gasteiger charge is 2.21. The molecule has 7 nitrogen and oxygen atoms in total. The molecular weight excluding hydrogens is 525 g/mol. The van der Waals surface area contributed by atoms with Gasteiger partial charge in [0.25, 0.3) is 0 Å². The topological polar surface area (TPSA) is 77.0 Å². The van der Waals surface area contributed by atoms with E-state index in [1.165, 1.54) is 15.4 Å². The lowest BCUT2D eigenvalue weighted by atomic mass is 10.0. The van der Waals surface area contributed by atoms with E-state index in [-0.39, 0.29) is 36.3 Å². The van der Waals surface area contributed by atoms with Crippen LogP contribution in [-0.2, 0) is 16.6 Å². The number of nitrogens with zero attached hydrogens (tertiary/aromatic N) is 3. The van der Waals surface area contributed by atoms with Crippen LogP contribution in [0, 0.1) is 6.92 Å². The fraction of sp³-hybridized carbons (Fsp3) is 0.682. The van der Waals surface area contributed by atoms with E-state index in [0.29, 0.717) is 25.1 Å². The maximum Gasteiger partial charge on any atom is 0.215 e. The molecule has 2 N–H and O–H groups in total. The monoisotopic (exact) mass is 565 g/mol. The van der Waals surface area contributed by atoms with Gasteiger partial charge in [0.2, 0.25) is 10.0 Å². The molecule has 0 atom stereocenters. The average Bonchev–Trinajstić information content (AvgIpc) is 2.70. The highest BCUT2D eigenvalue weighted by atomic mass is 127. The van der Waals surface area contributed by atoms with Crippen LogP contribution in [0.1, 0.15) is 44.7 Å². The van der Waals surface area contributed by atoms with Gasteiger partial charge in [-0.2, -0.15) is 0 Å². The Kier molecular flexibility index (Phi) is 13.0. The van der Waals surface area contributed by atoms with Gasteiger partial charge >= 0.3 is 0 Å². The van der Waals surface area contributed by atoms with E-state index >= 15 is 0 Å². The quantitative estimate of drug-likeness (QED) is 0.259. The zero-order valence-corrected chi connectivity index (χ0v) is 22.6. The third kappa shape index (κ3) is 9.63. The Labute approximate surface area is 206 Å². The summed E-state index contributed by atoms with van der Waals surface area (Å²) in [5.41, 5.74) is 2.67. The summed E-state index contributed by atoms with van der Waals surface area (Å²) in [7, 11) is -3.24. The van der Waals surface area contributed by atoms with Crippen molar-refractivity contribution in [1.29, 1.82) is 0 Å². The van der Waals surface area contributed by atoms with E-state index in [9.17, 15) is 8.42 Å². The van der Waals surface area contributed by atoms with Crippen LogP contribution in [0.2, 0.25) is 0 Å². The van der Waals surface area contributed by atoms with Crippen LogP contribution in [0.15, 0.2) is 29.3 Å². The van der Waals surface area contributed by atoms with E-state index in [2.05, 4.69) is 51.7 Å². The predicted octanol–water partition coefficient (Wildman–Crippen LogP) is 2.80. The molecule has 0 aliphatic carbocycles. The van der Waals surface area contributed by atoms with E-state index in [1.807, 2.05) is 20.8 Å². The maximum absolute atomic E-state index is 12.3. The molecule has 1 aliphatic heterocycles. The number of sulfonamides is 1. The summed E-state index contributed by atoms with van der Waals surface area (Å²) in [5, 5.41) is 6.75. The molecule has 0 unspecified atom stereocenters. The highest BCUT2D eigenvalue weighted by Crippen LogP contribution is 2.14. The van der Waals surface area contributed by atoms with Crippen molar-refractivity contribution in [2.24, 2.45) is 4.99 Å². The van der Waals surface area contributed by atoms with Crippen LogP contribution >= 0.6 is 24.0 Å². The van der Waals surface area contributed by atoms with Crippen molar-refractivity contribution in [3.8, 4) is 0 Å². The lowest BCUT2D eigenvalue weighted by Crippen LogP contribution is -2.48. The summed E-state index contributed by atoms with van der Waals surface area (Å²) >= 11 is 0. The number of hydrogen-bond acceptors (Lipinski definition) is 4. The van der Waals surface area contributed by atoms with Gasteiger partial charge in [-0.3, -0.25) is 9.89 Å². The molecular formula is C22H40IN5O2S. The summed E-state index contributed by atoms with van der Waals surface area (Å²) in [6.07, 6.45) is 2.10. The van der Waals surface area contributed by atoms with Crippen LogP contribution < -0.4 is 10.6 Å². The van der Waals surface area contributed by atoms with E-state index in [4.69, 9.17) is 0 Å². The Morgan fingerprint density at radius 3 is 2.45 bits per heavy atom. The molecule has 1 heterocycles. The molecule has 0 aromatic heterocycles. The number of hydrogen-bond donors (Lipinski definition) is 2. The molecule has 31 heavy (non-hydrogen) atoms. The fourth-order valence-electron chi connectivity index (χ4n) is 3.84. The van der Waals surface area contributed by atoms with E-state index in [1.54, 1.807) is 0 Å². The largest absolute Gasteiger partial charge is 0.357 e. The molecule has 0 amide bonds. The van der Waals surface area contributed by atoms with Crippen molar-refractivity contribution in [1.82, 2.24) is 19.8 Å². The molecule has 1 aromatic rings. The van der Waals surface area contributed by atoms with Crippen LogP contribution in [0.4, 0.5) is 0 Å². The first-order valence-electron chi connectivity index (χ1n) is 11.2. The summed E-state index contributed by atoms with van der Waals surface area (Å²) in [5.74, 6) is 0.754. The van der Waals surface area contributed by atoms with Crippen molar-refractivity contribution in [2.75, 3.05) is 45.0 Å². The average molecular weight is 566 g/mol. The zero-order chi connectivity index (χ0) is 22.0. The standard InChI is InChI=1S/C22H39N5O2S.HI/c1-5-23-22(24-13-16-30(28,29)27(6-2)7-3)25-21-11-14-26(15-12-21)18-20-10-8-9-19(4)17-20;/h8-10,17,21H,5-7,11-16,18H2,1-4H3,(H2,23,24,25);1H. The lowest BCUT2D eigenvalue weighted by Gasteiger charge is -2.33. The van der Waals surface area contributed by atoms with Gasteiger partial charge in [0.1, 0.15) is 0 Å². The van der Waals surface area contributed by atoms with Gasteiger partial charge in [0.15, 0.2) is 5.96 Å². The normalized spacial score (nSPS) is 16.2. The molecule has 0 spiro atoms. The van der Waals surface area contributed by atoms with Gasteiger partial charge in [-0.05, 0) is 32.3 Å². The number of rotatable bonds is 10. The lowest BCUT2D eigenvalue weighted by molar-refractivity contribution is 0.198. The first kappa shape index (κ1) is 28.1. The number of aryl methyl sites for hydroxylation is 1. The second-order valence-corrected chi connectivity index (χ2v) is 9.93. The molecule has 0 saturated carbocycles. The van der Waals surface area contributed by atoms with Gasteiger partial charge in [-0.25, -0.2) is 12.7 Å². The third-order valence-corrected chi connectivity index (χ3v) is 7.48. The van der Waals surface area contributed by atoms with Crippen molar-refractivity contribution in [2.45, 2.75) is 53.1 Å². The smallest absolute Gasteiger partial charge is 0.215 e. The molecule has 0 bridgehead atoms. The predicted molar refractivity (Wildman–Crippen MR) is 141 cm³/mol. The summed E-state index contributed by atoms with van der Waals surface area (Å²) in [4.78, 5) is 7.01. The van der Waals surface area contributed by atoms with E-state index in [0.717, 1.165) is 39.0 Å². The number of benzene rings is 1. The number of aliphatic imine (C=N–C) groups is 1. The molecule has 178 valence electrons. The van der Waals surface area contributed by atoms with Crippen molar-refractivity contribution >= 4 is 40.0 Å². The van der Waals surface area contributed by atoms with Gasteiger partial charge in [0, 0.05) is 45.3 Å². The second kappa shape index (κ2) is 14.3. The molecule has 1 fully saturated rings. The second-order valence-electron chi connectivity index (χ2n) is 7.84. The Bertz CT molecular complexity index is 776. The summed E-state index contributed by atoms with van der Waals surface area (Å²) < 4.78 is 26.2. The first-order chi connectivity index (χ1) is 14.4. The van der Waals surface area contributed by atoms with Crippen LogP contribution in [0.3, 0.4) is 0 Å². The van der Waals surface area contributed by atoms with Gasteiger partial charge < -0.3 is 10.6 Å². The van der Waals surface area contributed by atoms with Crippen LogP contribution in [-0.4, -0.2) is 74.6 Å². The van der Waals surface area contributed by atoms with Crippen molar-refractivity contribution in [3.63, 3.8) is 0 Å². The molecule has 1 aliphatic rings. The minimum atomic E-state index is -3.24. The molecule has 2 rings (SSSR count). The van der Waals surface area contributed by atoms with Crippen LogP contribution in [0.5, 0.6) is 0 Å². The van der Waals surface area contributed by atoms with E-state index < -0.39 is 10.0 Å². The zero-order valence-electron chi connectivity index (χ0n) is 19.4. The Balaban J connectivity index is 0.00000480. The Morgan fingerprint density at radius 1 is 1.19 bits per heavy atom. The number of halogens is 1. The Morgan fingerprint density at radius 2 is 1.87 bits per heavy atom. The summed E-state index contributed by atoms with van der Waals surface area (Å²) in [6.45, 7) is 13.0. The minimum Gasteiger partial charge on any atom is -0.357 e. The number of guanidine groups is 1. The van der Waals surface area contributed by atoms with Crippen LogP contribution in [0.25, 0.3) is 0 Å². The van der Waals surface area contributed by atoms with Gasteiger partial charge in [0.05, 0.1) is 12.3 Å². The maximum atomic E-state index is 12.3. The fourth-order valence-corrected chi connectivity index (χ4v) is 5.20. The summed E-state index contributed by atoms with van der Waals surface area (Å²) in [6, 6.07) is 9.06.